The van der Waals surface area contributed by atoms with Crippen molar-refractivity contribution >= 4 is 11.8 Å². The molecule has 0 aliphatic rings. The summed E-state index contributed by atoms with van der Waals surface area (Å²) in [6.45, 7) is 6.64. The van der Waals surface area contributed by atoms with Crippen LogP contribution in [0.3, 0.4) is 0 Å². The summed E-state index contributed by atoms with van der Waals surface area (Å²) < 4.78 is 0. The molecule has 0 unspecified atom stereocenters. The van der Waals surface area contributed by atoms with Crippen LogP contribution in [-0.4, -0.2) is 6.26 Å². The molecular weight excluding hydrogens is 164 g/mol. The van der Waals surface area contributed by atoms with Crippen molar-refractivity contribution in [2.75, 3.05) is 6.26 Å². The van der Waals surface area contributed by atoms with E-state index in [0.717, 1.165) is 0 Å². The lowest BCUT2D eigenvalue weighted by molar-refractivity contribution is 0.840. The van der Waals surface area contributed by atoms with Crippen molar-refractivity contribution in [2.45, 2.75) is 31.6 Å². The molecule has 66 valence electrons. The van der Waals surface area contributed by atoms with Gasteiger partial charge in [0.1, 0.15) is 0 Å². The van der Waals surface area contributed by atoms with Gasteiger partial charge in [0.2, 0.25) is 0 Å². The molecule has 0 spiro atoms. The van der Waals surface area contributed by atoms with Crippen LogP contribution in [0, 0.1) is 6.92 Å². The second kappa shape index (κ2) is 3.99. The molecule has 0 fully saturated rings. The Bertz CT molecular complexity index is 264. The van der Waals surface area contributed by atoms with Crippen molar-refractivity contribution in [1.82, 2.24) is 0 Å². The van der Waals surface area contributed by atoms with Crippen LogP contribution in [0.25, 0.3) is 0 Å². The van der Waals surface area contributed by atoms with Crippen molar-refractivity contribution in [3.05, 3.63) is 29.3 Å². The molecule has 0 radical (unpaired) electrons. The Morgan fingerprint density at radius 3 is 2.42 bits per heavy atom. The van der Waals surface area contributed by atoms with Gasteiger partial charge in [-0.05, 0) is 30.7 Å². The predicted molar refractivity (Wildman–Crippen MR) is 57.0 cm³/mol. The smallest absolute Gasteiger partial charge is 0.0104 e. The fourth-order valence-corrected chi connectivity index (χ4v) is 2.04. The highest BCUT2D eigenvalue weighted by Gasteiger charge is 2.04. The van der Waals surface area contributed by atoms with Crippen molar-refractivity contribution in [3.8, 4) is 0 Å². The number of aryl methyl sites for hydroxylation is 1. The standard InChI is InChI=1S/C11H16S/c1-8(2)10-7-9(3)5-6-11(10)12-4/h5-8H,1-4H3. The molecule has 0 nitrogen and oxygen atoms in total. The maximum atomic E-state index is 2.29. The second-order valence-corrected chi connectivity index (χ2v) is 4.25. The minimum Gasteiger partial charge on any atom is -0.129 e. The minimum absolute atomic E-state index is 0.632. The molecule has 12 heavy (non-hydrogen) atoms. The quantitative estimate of drug-likeness (QED) is 0.623. The molecular formula is C11H16S. The van der Waals surface area contributed by atoms with E-state index in [-0.39, 0.29) is 0 Å². The largest absolute Gasteiger partial charge is 0.129 e. The van der Waals surface area contributed by atoms with Crippen molar-refractivity contribution in [1.29, 1.82) is 0 Å². The van der Waals surface area contributed by atoms with Crippen molar-refractivity contribution in [3.63, 3.8) is 0 Å². The van der Waals surface area contributed by atoms with Gasteiger partial charge in [-0.25, -0.2) is 0 Å². The van der Waals surface area contributed by atoms with Gasteiger partial charge < -0.3 is 0 Å². The zero-order valence-corrected chi connectivity index (χ0v) is 9.03. The molecule has 0 bridgehead atoms. The van der Waals surface area contributed by atoms with Gasteiger partial charge in [-0.1, -0.05) is 31.5 Å². The van der Waals surface area contributed by atoms with Crippen LogP contribution >= 0.6 is 11.8 Å². The molecule has 0 N–H and O–H groups in total. The van der Waals surface area contributed by atoms with Gasteiger partial charge in [0, 0.05) is 4.90 Å². The summed E-state index contributed by atoms with van der Waals surface area (Å²) in [7, 11) is 0. The molecule has 1 heteroatoms. The third-order valence-electron chi connectivity index (χ3n) is 2.01. The van der Waals surface area contributed by atoms with E-state index in [0.29, 0.717) is 5.92 Å². The maximum Gasteiger partial charge on any atom is 0.0104 e. The van der Waals surface area contributed by atoms with Crippen LogP contribution in [0.5, 0.6) is 0 Å². The first-order chi connectivity index (χ1) is 5.65. The Morgan fingerprint density at radius 1 is 1.25 bits per heavy atom. The first-order valence-corrected chi connectivity index (χ1v) is 5.52. The lowest BCUT2D eigenvalue weighted by Gasteiger charge is -2.11. The summed E-state index contributed by atoms with van der Waals surface area (Å²) in [6, 6.07) is 6.68. The van der Waals surface area contributed by atoms with Gasteiger partial charge in [-0.15, -0.1) is 11.8 Å². The molecule has 1 aromatic rings. The molecule has 0 amide bonds. The first kappa shape index (κ1) is 9.66. The van der Waals surface area contributed by atoms with E-state index >= 15 is 0 Å². The van der Waals surface area contributed by atoms with Crippen molar-refractivity contribution in [2.24, 2.45) is 0 Å². The van der Waals surface area contributed by atoms with Crippen molar-refractivity contribution < 1.29 is 0 Å². The molecule has 1 aromatic carbocycles. The average molecular weight is 180 g/mol. The van der Waals surface area contributed by atoms with Gasteiger partial charge in [-0.3, -0.25) is 0 Å². The highest BCUT2D eigenvalue weighted by molar-refractivity contribution is 7.98. The molecule has 1 rings (SSSR count). The summed E-state index contributed by atoms with van der Waals surface area (Å²) >= 11 is 1.83. The number of rotatable bonds is 2. The van der Waals surface area contributed by atoms with Gasteiger partial charge in [0.25, 0.3) is 0 Å². The number of hydrogen-bond acceptors (Lipinski definition) is 1. The predicted octanol–water partition coefficient (Wildman–Crippen LogP) is 3.84. The van der Waals surface area contributed by atoms with Gasteiger partial charge in [-0.2, -0.15) is 0 Å². The molecule has 0 aliphatic heterocycles. The highest BCUT2D eigenvalue weighted by Crippen LogP contribution is 2.27. The monoisotopic (exact) mass is 180 g/mol. The van der Waals surface area contributed by atoms with Crippen LogP contribution in [0.4, 0.5) is 0 Å². The van der Waals surface area contributed by atoms with E-state index in [4.69, 9.17) is 0 Å². The average Bonchev–Trinajstić information content (AvgIpc) is 2.04. The number of hydrogen-bond donors (Lipinski definition) is 0. The fourth-order valence-electron chi connectivity index (χ4n) is 1.30. The maximum absolute atomic E-state index is 2.29. The summed E-state index contributed by atoms with van der Waals surface area (Å²) in [5, 5.41) is 0. The van der Waals surface area contributed by atoms with Crippen LogP contribution in [-0.2, 0) is 0 Å². The Kier molecular flexibility index (Phi) is 3.21. The Balaban J connectivity index is 3.12. The van der Waals surface area contributed by atoms with Crippen LogP contribution in [0.1, 0.15) is 30.9 Å². The Hall–Kier alpha value is -0.430. The normalized spacial score (nSPS) is 10.8. The van der Waals surface area contributed by atoms with E-state index < -0.39 is 0 Å². The zero-order valence-electron chi connectivity index (χ0n) is 8.22. The SMILES string of the molecule is CSc1ccc(C)cc1C(C)C. The van der Waals surface area contributed by atoms with E-state index in [9.17, 15) is 0 Å². The second-order valence-electron chi connectivity index (χ2n) is 3.40. The van der Waals surface area contributed by atoms with Crippen LogP contribution in [0.2, 0.25) is 0 Å². The lowest BCUT2D eigenvalue weighted by atomic mass is 10.0. The Labute approximate surface area is 79.4 Å². The lowest BCUT2D eigenvalue weighted by Crippen LogP contribution is -1.91. The summed E-state index contributed by atoms with van der Waals surface area (Å²) in [5.74, 6) is 0.632. The number of benzene rings is 1. The third-order valence-corrected chi connectivity index (χ3v) is 2.82. The molecule has 0 aromatic heterocycles. The molecule has 0 atom stereocenters. The Morgan fingerprint density at radius 2 is 1.92 bits per heavy atom. The molecule has 0 aliphatic carbocycles. The first-order valence-electron chi connectivity index (χ1n) is 4.29. The summed E-state index contributed by atoms with van der Waals surface area (Å²) in [6.07, 6.45) is 2.14. The topological polar surface area (TPSA) is 0 Å². The van der Waals surface area contributed by atoms with Gasteiger partial charge in [0.05, 0.1) is 0 Å². The van der Waals surface area contributed by atoms with Gasteiger partial charge >= 0.3 is 0 Å². The number of thioether (sulfide) groups is 1. The highest BCUT2D eigenvalue weighted by atomic mass is 32.2. The van der Waals surface area contributed by atoms with Crippen LogP contribution < -0.4 is 0 Å². The van der Waals surface area contributed by atoms with E-state index in [1.54, 1.807) is 0 Å². The van der Waals surface area contributed by atoms with Gasteiger partial charge in [0.15, 0.2) is 0 Å². The molecule has 0 saturated carbocycles. The molecule has 0 saturated heterocycles. The van der Waals surface area contributed by atoms with Crippen LogP contribution in [0.15, 0.2) is 23.1 Å². The third kappa shape index (κ3) is 2.04. The summed E-state index contributed by atoms with van der Waals surface area (Å²) in [4.78, 5) is 1.41. The zero-order chi connectivity index (χ0) is 9.14. The molecule has 0 heterocycles. The van der Waals surface area contributed by atoms with E-state index in [1.807, 2.05) is 11.8 Å². The van der Waals surface area contributed by atoms with E-state index in [1.165, 1.54) is 16.0 Å². The summed E-state index contributed by atoms with van der Waals surface area (Å²) in [5.41, 5.74) is 2.83. The minimum atomic E-state index is 0.632. The fraction of sp³-hybridized carbons (Fsp3) is 0.455. The van der Waals surface area contributed by atoms with E-state index in [2.05, 4.69) is 45.2 Å².